The van der Waals surface area contributed by atoms with Crippen LogP contribution in [0.2, 0.25) is 5.02 Å². The molecule has 2 amide bonds. The minimum Gasteiger partial charge on any atom is -0.450 e. The zero-order valence-corrected chi connectivity index (χ0v) is 24.5. The fourth-order valence-electron chi connectivity index (χ4n) is 5.48. The number of aromatic nitrogens is 3. The summed E-state index contributed by atoms with van der Waals surface area (Å²) in [7, 11) is 1.89. The highest BCUT2D eigenvalue weighted by atomic mass is 35.5. The maximum Gasteiger partial charge on any atom is 0.410 e. The lowest BCUT2D eigenvalue weighted by Gasteiger charge is -2.39. The Morgan fingerprint density at radius 3 is 2.63 bits per heavy atom. The van der Waals surface area contributed by atoms with Gasteiger partial charge in [0.05, 0.1) is 48.7 Å². The van der Waals surface area contributed by atoms with E-state index in [1.54, 1.807) is 30.5 Å². The molecule has 1 fully saturated rings. The van der Waals surface area contributed by atoms with Crippen LogP contribution >= 0.6 is 11.6 Å². The van der Waals surface area contributed by atoms with Crippen LogP contribution in [0.1, 0.15) is 60.9 Å². The van der Waals surface area contributed by atoms with Gasteiger partial charge in [-0.1, -0.05) is 23.7 Å². The summed E-state index contributed by atoms with van der Waals surface area (Å²) in [4.78, 5) is 38.6. The Morgan fingerprint density at radius 1 is 1.17 bits per heavy atom. The number of aryl methyl sites for hydroxylation is 1. The van der Waals surface area contributed by atoms with Crippen LogP contribution in [0.25, 0.3) is 11.6 Å². The first-order valence-electron chi connectivity index (χ1n) is 13.8. The summed E-state index contributed by atoms with van der Waals surface area (Å²) in [6.45, 7) is 8.07. The number of alkyl carbamates (subject to hydrolysis) is 1. The molecule has 2 aliphatic rings. The highest BCUT2D eigenvalue weighted by Gasteiger charge is 2.36. The molecule has 1 saturated heterocycles. The van der Waals surface area contributed by atoms with Gasteiger partial charge in [0, 0.05) is 44.4 Å². The molecule has 216 valence electrons. The third-order valence-corrected chi connectivity index (χ3v) is 7.57. The summed E-state index contributed by atoms with van der Waals surface area (Å²) < 4.78 is 12.6. The SMILES string of the molecule is CCOC(=O)N[C@H](C1=Cc2cccnc2[C@@H](N2CCN(C(=O)OC(C)C)CC2)c2ccc(Cl)cc21)c1cncn1C. The van der Waals surface area contributed by atoms with Crippen molar-refractivity contribution in [3.63, 3.8) is 0 Å². The van der Waals surface area contributed by atoms with E-state index in [0.717, 1.165) is 33.7 Å². The lowest BCUT2D eigenvalue weighted by molar-refractivity contribution is 0.0513. The van der Waals surface area contributed by atoms with E-state index in [9.17, 15) is 9.59 Å². The Bertz CT molecular complexity index is 1450. The van der Waals surface area contributed by atoms with E-state index in [2.05, 4.69) is 21.3 Å². The summed E-state index contributed by atoms with van der Waals surface area (Å²) in [6, 6.07) is 9.01. The number of piperazine rings is 1. The summed E-state index contributed by atoms with van der Waals surface area (Å²) in [5.74, 6) is 0. The van der Waals surface area contributed by atoms with E-state index in [4.69, 9.17) is 26.1 Å². The van der Waals surface area contributed by atoms with Crippen molar-refractivity contribution in [1.29, 1.82) is 0 Å². The molecule has 0 unspecified atom stereocenters. The molecule has 2 atom stereocenters. The molecule has 0 radical (unpaired) electrons. The number of halogens is 1. The Hall–Kier alpha value is -3.89. The third kappa shape index (κ3) is 6.08. The minimum atomic E-state index is -0.576. The molecule has 10 nitrogen and oxygen atoms in total. The third-order valence-electron chi connectivity index (χ3n) is 7.33. The van der Waals surface area contributed by atoms with Gasteiger partial charge in [0.1, 0.15) is 0 Å². The van der Waals surface area contributed by atoms with Crippen molar-refractivity contribution >= 4 is 35.4 Å². The molecule has 2 aromatic heterocycles. The van der Waals surface area contributed by atoms with Gasteiger partial charge in [-0.25, -0.2) is 14.6 Å². The molecule has 5 rings (SSSR count). The molecule has 3 heterocycles. The number of ether oxygens (including phenoxy) is 2. The van der Waals surface area contributed by atoms with Crippen molar-refractivity contribution < 1.29 is 19.1 Å². The zero-order valence-electron chi connectivity index (χ0n) is 23.7. The largest absolute Gasteiger partial charge is 0.450 e. The van der Waals surface area contributed by atoms with Crippen LogP contribution in [0.15, 0.2) is 49.1 Å². The normalized spacial score (nSPS) is 17.7. The maximum absolute atomic E-state index is 12.8. The molecule has 1 aromatic carbocycles. The molecule has 0 saturated carbocycles. The van der Waals surface area contributed by atoms with Gasteiger partial charge in [-0.2, -0.15) is 0 Å². The Labute approximate surface area is 244 Å². The fourth-order valence-corrected chi connectivity index (χ4v) is 5.66. The van der Waals surface area contributed by atoms with Crippen LogP contribution in [-0.4, -0.2) is 75.4 Å². The number of carbonyl (C=O) groups excluding carboxylic acids is 2. The summed E-state index contributed by atoms with van der Waals surface area (Å²) in [5, 5.41) is 3.63. The van der Waals surface area contributed by atoms with Crippen molar-refractivity contribution in [2.24, 2.45) is 7.05 Å². The van der Waals surface area contributed by atoms with Crippen molar-refractivity contribution in [3.8, 4) is 0 Å². The van der Waals surface area contributed by atoms with E-state index < -0.39 is 12.1 Å². The first-order valence-corrected chi connectivity index (χ1v) is 14.2. The lowest BCUT2D eigenvalue weighted by atomic mass is 9.90. The number of amides is 2. The van der Waals surface area contributed by atoms with Gasteiger partial charge >= 0.3 is 12.2 Å². The number of hydrogen-bond acceptors (Lipinski definition) is 7. The number of hydrogen-bond donors (Lipinski definition) is 1. The number of carbonyl (C=O) groups is 2. The second kappa shape index (κ2) is 12.3. The van der Waals surface area contributed by atoms with Gasteiger partial charge < -0.3 is 24.3 Å². The van der Waals surface area contributed by atoms with Crippen LogP contribution in [-0.2, 0) is 16.5 Å². The molecule has 41 heavy (non-hydrogen) atoms. The molecule has 0 spiro atoms. The molecular formula is C30H35ClN6O4. The van der Waals surface area contributed by atoms with E-state index in [0.29, 0.717) is 31.2 Å². The van der Waals surface area contributed by atoms with Crippen molar-refractivity contribution in [2.45, 2.75) is 39.0 Å². The fraction of sp³-hybridized carbons (Fsp3) is 0.400. The molecule has 1 aliphatic heterocycles. The number of rotatable bonds is 6. The van der Waals surface area contributed by atoms with Crippen LogP contribution in [0.5, 0.6) is 0 Å². The van der Waals surface area contributed by atoms with Crippen LogP contribution < -0.4 is 5.32 Å². The second-order valence-electron chi connectivity index (χ2n) is 10.4. The quantitative estimate of drug-likeness (QED) is 0.436. The smallest absolute Gasteiger partial charge is 0.410 e. The number of imidazole rings is 1. The van der Waals surface area contributed by atoms with Crippen molar-refractivity contribution in [1.82, 2.24) is 29.7 Å². The van der Waals surface area contributed by atoms with Gasteiger partial charge in [-0.15, -0.1) is 0 Å². The Morgan fingerprint density at radius 2 is 1.95 bits per heavy atom. The molecule has 1 aliphatic carbocycles. The first kappa shape index (κ1) is 28.6. The average Bonchev–Trinajstić information content (AvgIpc) is 3.31. The number of nitrogens with one attached hydrogen (secondary N) is 1. The second-order valence-corrected chi connectivity index (χ2v) is 10.8. The summed E-state index contributed by atoms with van der Waals surface area (Å²) in [6.07, 6.45) is 6.32. The van der Waals surface area contributed by atoms with Crippen molar-refractivity contribution in [2.75, 3.05) is 32.8 Å². The van der Waals surface area contributed by atoms with Crippen LogP contribution in [0, 0.1) is 0 Å². The molecule has 3 aromatic rings. The van der Waals surface area contributed by atoms with E-state index >= 15 is 0 Å². The van der Waals surface area contributed by atoms with Gasteiger partial charge in [0.25, 0.3) is 0 Å². The summed E-state index contributed by atoms with van der Waals surface area (Å²) in [5.41, 5.74) is 5.36. The highest BCUT2D eigenvalue weighted by Crippen LogP contribution is 2.44. The number of nitrogens with zero attached hydrogens (tertiary/aromatic N) is 5. The maximum atomic E-state index is 12.8. The summed E-state index contributed by atoms with van der Waals surface area (Å²) >= 11 is 6.61. The minimum absolute atomic E-state index is 0.171. The molecule has 11 heteroatoms. The monoisotopic (exact) mass is 578 g/mol. The molecule has 0 bridgehead atoms. The number of pyridine rings is 1. The number of benzene rings is 1. The van der Waals surface area contributed by atoms with Gasteiger partial charge in [-0.3, -0.25) is 9.88 Å². The van der Waals surface area contributed by atoms with Crippen LogP contribution in [0.3, 0.4) is 0 Å². The first-order chi connectivity index (χ1) is 19.8. The molecular weight excluding hydrogens is 544 g/mol. The lowest BCUT2D eigenvalue weighted by Crippen LogP contribution is -2.50. The van der Waals surface area contributed by atoms with Crippen LogP contribution in [0.4, 0.5) is 9.59 Å². The highest BCUT2D eigenvalue weighted by molar-refractivity contribution is 6.30. The Kier molecular flexibility index (Phi) is 8.60. The molecule has 1 N–H and O–H groups in total. The van der Waals surface area contributed by atoms with E-state index in [1.807, 2.05) is 55.8 Å². The zero-order chi connectivity index (χ0) is 29.1. The van der Waals surface area contributed by atoms with Crippen molar-refractivity contribution in [3.05, 3.63) is 82.2 Å². The number of fused-ring (bicyclic) bond motifs is 2. The Balaban J connectivity index is 1.59. The van der Waals surface area contributed by atoms with E-state index in [1.165, 1.54) is 0 Å². The standard InChI is InChI=1S/C30H35ClN6O4/c1-5-40-29(38)34-27(25-17-32-18-35(25)4)24-15-20-7-6-10-33-26(20)28(22-9-8-21(31)16-23(22)24)36-11-13-37(14-12-36)30(39)41-19(2)3/h6-10,15-19,27-28H,5,11-14H2,1-4H3,(H,34,38)/t27-,28+/m1/s1. The topological polar surface area (TPSA) is 102 Å². The van der Waals surface area contributed by atoms with Gasteiger partial charge in [0.15, 0.2) is 0 Å². The predicted octanol–water partition coefficient (Wildman–Crippen LogP) is 5.06. The van der Waals surface area contributed by atoms with Gasteiger partial charge in [-0.05, 0) is 67.3 Å². The predicted molar refractivity (Wildman–Crippen MR) is 156 cm³/mol. The van der Waals surface area contributed by atoms with Gasteiger partial charge in [0.2, 0.25) is 0 Å². The average molecular weight is 579 g/mol. The van der Waals surface area contributed by atoms with E-state index in [-0.39, 0.29) is 24.8 Å².